The van der Waals surface area contributed by atoms with Crippen molar-refractivity contribution < 1.29 is 9.59 Å². The molecule has 6 nitrogen and oxygen atoms in total. The molecule has 0 amide bonds. The number of carbonyl (C=O) groups is 2. The summed E-state index contributed by atoms with van der Waals surface area (Å²) in [7, 11) is 0. The lowest BCUT2D eigenvalue weighted by molar-refractivity contribution is -0.124. The fourth-order valence-electron chi connectivity index (χ4n) is 2.88. The number of Topliss-reactive ketones (excluding diaryl/α,β-unsaturated/α-hetero) is 2. The van der Waals surface area contributed by atoms with Crippen molar-refractivity contribution in [1.82, 2.24) is 19.9 Å². The fourth-order valence-corrected chi connectivity index (χ4v) is 2.88. The quantitative estimate of drug-likeness (QED) is 0.661. The van der Waals surface area contributed by atoms with Gasteiger partial charge in [-0.25, -0.2) is 19.9 Å². The molecule has 0 fully saturated rings. The van der Waals surface area contributed by atoms with Crippen LogP contribution in [0.15, 0.2) is 37.4 Å². The van der Waals surface area contributed by atoms with E-state index in [0.717, 1.165) is 11.1 Å². The highest BCUT2D eigenvalue weighted by atomic mass is 16.1. The van der Waals surface area contributed by atoms with Gasteiger partial charge in [0.1, 0.15) is 24.2 Å². The number of nitrogens with zero attached hydrogens (tertiary/aromatic N) is 4. The first kappa shape index (κ1) is 18.8. The van der Waals surface area contributed by atoms with Gasteiger partial charge in [0.25, 0.3) is 0 Å². The second-order valence-electron chi connectivity index (χ2n) is 6.21. The molecular weight excluding hydrogens is 316 g/mol. The molecule has 2 unspecified atom stereocenters. The highest BCUT2D eigenvalue weighted by Gasteiger charge is 2.26. The van der Waals surface area contributed by atoms with Gasteiger partial charge < -0.3 is 0 Å². The highest BCUT2D eigenvalue weighted by Crippen LogP contribution is 2.30. The molecule has 2 aromatic heterocycles. The minimum absolute atomic E-state index is 0.0452. The third-order valence-corrected chi connectivity index (χ3v) is 4.52. The molecule has 2 aromatic rings. The van der Waals surface area contributed by atoms with Gasteiger partial charge in [0.2, 0.25) is 0 Å². The van der Waals surface area contributed by atoms with E-state index < -0.39 is 0 Å². The Morgan fingerprint density at radius 2 is 1.56 bits per heavy atom. The van der Waals surface area contributed by atoms with E-state index in [1.807, 2.05) is 13.8 Å². The molecule has 25 heavy (non-hydrogen) atoms. The maximum absolute atomic E-state index is 12.7. The molecule has 6 heteroatoms. The van der Waals surface area contributed by atoms with E-state index in [2.05, 4.69) is 19.9 Å². The predicted octanol–water partition coefficient (Wildman–Crippen LogP) is 2.95. The SMILES string of the molecule is CCC(=O)CCC(c1cncnc1)C(C)C(=O)CCc1cncnc1. The van der Waals surface area contributed by atoms with E-state index in [0.29, 0.717) is 32.1 Å². The summed E-state index contributed by atoms with van der Waals surface area (Å²) in [6.45, 7) is 3.79. The Kier molecular flexibility index (Phi) is 7.32. The van der Waals surface area contributed by atoms with Crippen LogP contribution in [0.4, 0.5) is 0 Å². The number of carbonyl (C=O) groups excluding carboxylic acids is 2. The van der Waals surface area contributed by atoms with Crippen molar-refractivity contribution in [3.8, 4) is 0 Å². The molecule has 0 bridgehead atoms. The molecule has 2 heterocycles. The molecule has 0 saturated carbocycles. The van der Waals surface area contributed by atoms with Gasteiger partial charge in [-0.1, -0.05) is 13.8 Å². The average molecular weight is 340 g/mol. The van der Waals surface area contributed by atoms with Gasteiger partial charge in [-0.05, 0) is 29.9 Å². The third-order valence-electron chi connectivity index (χ3n) is 4.52. The van der Waals surface area contributed by atoms with Crippen molar-refractivity contribution in [1.29, 1.82) is 0 Å². The van der Waals surface area contributed by atoms with Crippen LogP contribution in [0.1, 0.15) is 56.6 Å². The lowest BCUT2D eigenvalue weighted by atomic mass is 9.80. The Labute approximate surface area is 148 Å². The normalized spacial score (nSPS) is 13.2. The van der Waals surface area contributed by atoms with E-state index in [-0.39, 0.29) is 23.4 Å². The van der Waals surface area contributed by atoms with Crippen molar-refractivity contribution in [3.05, 3.63) is 48.6 Å². The van der Waals surface area contributed by atoms with Gasteiger partial charge in [0, 0.05) is 50.0 Å². The summed E-state index contributed by atoms with van der Waals surface area (Å²) in [5, 5.41) is 0. The van der Waals surface area contributed by atoms with Crippen LogP contribution in [0, 0.1) is 5.92 Å². The minimum Gasteiger partial charge on any atom is -0.300 e. The smallest absolute Gasteiger partial charge is 0.136 e. The summed E-state index contributed by atoms with van der Waals surface area (Å²) < 4.78 is 0. The predicted molar refractivity (Wildman–Crippen MR) is 93.8 cm³/mol. The second-order valence-corrected chi connectivity index (χ2v) is 6.21. The van der Waals surface area contributed by atoms with Crippen LogP contribution in [-0.4, -0.2) is 31.5 Å². The highest BCUT2D eigenvalue weighted by molar-refractivity contribution is 5.82. The van der Waals surface area contributed by atoms with Crippen LogP contribution in [0.3, 0.4) is 0 Å². The molecule has 0 saturated heterocycles. The maximum atomic E-state index is 12.7. The Balaban J connectivity index is 2.04. The summed E-state index contributed by atoms with van der Waals surface area (Å²) in [4.78, 5) is 40.5. The molecule has 2 rings (SSSR count). The lowest BCUT2D eigenvalue weighted by Gasteiger charge is -2.23. The van der Waals surface area contributed by atoms with Crippen molar-refractivity contribution in [3.63, 3.8) is 0 Å². The number of ketones is 2. The molecule has 0 aliphatic rings. The van der Waals surface area contributed by atoms with Gasteiger partial charge in [0.15, 0.2) is 0 Å². The Morgan fingerprint density at radius 3 is 2.16 bits per heavy atom. The van der Waals surface area contributed by atoms with Crippen molar-refractivity contribution in [2.24, 2.45) is 5.92 Å². The number of aryl methyl sites for hydroxylation is 1. The Bertz CT molecular complexity index is 676. The van der Waals surface area contributed by atoms with Gasteiger partial charge in [-0.2, -0.15) is 0 Å². The van der Waals surface area contributed by atoms with Crippen LogP contribution < -0.4 is 0 Å². The van der Waals surface area contributed by atoms with Crippen LogP contribution in [-0.2, 0) is 16.0 Å². The van der Waals surface area contributed by atoms with Crippen molar-refractivity contribution in [2.75, 3.05) is 0 Å². The third kappa shape index (κ3) is 5.81. The Hall–Kier alpha value is -2.50. The average Bonchev–Trinajstić information content (AvgIpc) is 2.67. The van der Waals surface area contributed by atoms with Crippen molar-refractivity contribution >= 4 is 11.6 Å². The molecule has 0 radical (unpaired) electrons. The fraction of sp³-hybridized carbons (Fsp3) is 0.474. The van der Waals surface area contributed by atoms with Crippen LogP contribution in [0.5, 0.6) is 0 Å². The maximum Gasteiger partial charge on any atom is 0.136 e. The molecule has 0 aliphatic carbocycles. The molecule has 132 valence electrons. The topological polar surface area (TPSA) is 85.7 Å². The summed E-state index contributed by atoms with van der Waals surface area (Å²) in [5.41, 5.74) is 1.86. The molecule has 0 N–H and O–H groups in total. The van der Waals surface area contributed by atoms with Gasteiger partial charge >= 0.3 is 0 Å². The summed E-state index contributed by atoms with van der Waals surface area (Å²) in [6.07, 6.45) is 12.6. The van der Waals surface area contributed by atoms with Gasteiger partial charge in [0.05, 0.1) is 0 Å². The standard InChI is InChI=1S/C19H24N4O2/c1-3-17(24)5-6-18(16-10-22-13-23-11-16)14(2)19(25)7-4-15-8-20-12-21-9-15/h8-14,18H,3-7H2,1-2H3. The zero-order chi connectivity index (χ0) is 18.1. The zero-order valence-electron chi connectivity index (χ0n) is 14.8. The first-order chi connectivity index (χ1) is 12.1. The van der Waals surface area contributed by atoms with Crippen LogP contribution >= 0.6 is 0 Å². The van der Waals surface area contributed by atoms with E-state index in [4.69, 9.17) is 0 Å². The largest absolute Gasteiger partial charge is 0.300 e. The first-order valence-corrected chi connectivity index (χ1v) is 8.65. The summed E-state index contributed by atoms with van der Waals surface area (Å²) in [5.74, 6) is 0.140. The monoisotopic (exact) mass is 340 g/mol. The Morgan fingerprint density at radius 1 is 0.960 bits per heavy atom. The molecule has 0 spiro atoms. The van der Waals surface area contributed by atoms with E-state index >= 15 is 0 Å². The second kappa shape index (κ2) is 9.71. The number of aromatic nitrogens is 4. The summed E-state index contributed by atoms with van der Waals surface area (Å²) in [6, 6.07) is 0. The van der Waals surface area contributed by atoms with E-state index in [1.54, 1.807) is 24.8 Å². The molecular formula is C19H24N4O2. The first-order valence-electron chi connectivity index (χ1n) is 8.65. The number of hydrogen-bond donors (Lipinski definition) is 0. The van der Waals surface area contributed by atoms with Gasteiger partial charge in [-0.3, -0.25) is 9.59 Å². The molecule has 0 aliphatic heterocycles. The van der Waals surface area contributed by atoms with Gasteiger partial charge in [-0.15, -0.1) is 0 Å². The lowest BCUT2D eigenvalue weighted by Crippen LogP contribution is -2.21. The van der Waals surface area contributed by atoms with E-state index in [1.165, 1.54) is 12.7 Å². The number of hydrogen-bond acceptors (Lipinski definition) is 6. The van der Waals surface area contributed by atoms with Crippen LogP contribution in [0.2, 0.25) is 0 Å². The van der Waals surface area contributed by atoms with E-state index in [9.17, 15) is 9.59 Å². The zero-order valence-corrected chi connectivity index (χ0v) is 14.8. The van der Waals surface area contributed by atoms with Crippen molar-refractivity contribution in [2.45, 2.75) is 51.9 Å². The number of rotatable bonds is 10. The minimum atomic E-state index is -0.194. The summed E-state index contributed by atoms with van der Waals surface area (Å²) >= 11 is 0. The molecule has 2 atom stereocenters. The van der Waals surface area contributed by atoms with Crippen LogP contribution in [0.25, 0.3) is 0 Å². The molecule has 0 aromatic carbocycles.